The Morgan fingerprint density at radius 3 is 2.70 bits per heavy atom. The normalized spacial score (nSPS) is 38.5. The molecule has 10 heavy (non-hydrogen) atoms. The van der Waals surface area contributed by atoms with Crippen molar-refractivity contribution in [1.82, 2.24) is 0 Å². The third kappa shape index (κ3) is 1.47. The summed E-state index contributed by atoms with van der Waals surface area (Å²) >= 11 is 17.3. The maximum atomic E-state index is 5.95. The Hall–Kier alpha value is 0.280. The Morgan fingerprint density at radius 1 is 1.60 bits per heavy atom. The van der Waals surface area contributed by atoms with Gasteiger partial charge < -0.3 is 0 Å². The van der Waals surface area contributed by atoms with Crippen LogP contribution in [0.2, 0.25) is 0 Å². The van der Waals surface area contributed by atoms with Gasteiger partial charge in [-0.15, -0.1) is 23.2 Å². The molecule has 0 N–H and O–H groups in total. The minimum Gasteiger partial charge on any atom is -0.272 e. The van der Waals surface area contributed by atoms with E-state index in [1.165, 1.54) is 0 Å². The van der Waals surface area contributed by atoms with E-state index in [1.807, 2.05) is 0 Å². The summed E-state index contributed by atoms with van der Waals surface area (Å²) in [5.74, 6) is 0.274. The van der Waals surface area contributed by atoms with Gasteiger partial charge in [-0.3, -0.25) is 4.99 Å². The van der Waals surface area contributed by atoms with Gasteiger partial charge in [-0.1, -0.05) is 17.7 Å². The van der Waals surface area contributed by atoms with E-state index >= 15 is 0 Å². The van der Waals surface area contributed by atoms with E-state index in [2.05, 4.69) is 4.99 Å². The van der Waals surface area contributed by atoms with Gasteiger partial charge in [-0.2, -0.15) is 0 Å². The lowest BCUT2D eigenvalue weighted by molar-refractivity contribution is 0.730. The molecule has 1 rings (SSSR count). The predicted molar refractivity (Wildman–Crippen MR) is 46.6 cm³/mol. The highest BCUT2D eigenvalue weighted by Crippen LogP contribution is 2.30. The molecule has 0 radical (unpaired) electrons. The Morgan fingerprint density at radius 2 is 2.30 bits per heavy atom. The first-order valence-electron chi connectivity index (χ1n) is 2.79. The average Bonchev–Trinajstić information content (AvgIpc) is 1.96. The molecule has 0 amide bonds. The van der Waals surface area contributed by atoms with Gasteiger partial charge >= 0.3 is 0 Å². The van der Waals surface area contributed by atoms with E-state index in [0.29, 0.717) is 0 Å². The van der Waals surface area contributed by atoms with E-state index in [9.17, 15) is 0 Å². The van der Waals surface area contributed by atoms with Gasteiger partial charge in [0.05, 0.1) is 0 Å². The smallest absolute Gasteiger partial charge is 0.147 e. The van der Waals surface area contributed by atoms with Crippen LogP contribution in [0.4, 0.5) is 0 Å². The van der Waals surface area contributed by atoms with E-state index in [-0.39, 0.29) is 5.88 Å². The fourth-order valence-corrected chi connectivity index (χ4v) is 1.30. The van der Waals surface area contributed by atoms with Crippen LogP contribution in [0.3, 0.4) is 0 Å². The molecular weight excluding hydrogens is 192 g/mol. The molecule has 0 spiro atoms. The Balaban J connectivity index is 2.77. The van der Waals surface area contributed by atoms with Crippen LogP contribution < -0.4 is 0 Å². The highest BCUT2D eigenvalue weighted by atomic mass is 35.5. The number of dihydropyridines is 1. The third-order valence-corrected chi connectivity index (χ3v) is 2.94. The summed E-state index contributed by atoms with van der Waals surface area (Å²) in [7, 11) is 0. The third-order valence-electron chi connectivity index (χ3n) is 1.28. The predicted octanol–water partition coefficient (Wildman–Crippen LogP) is 2.41. The molecule has 0 aromatic heterocycles. The Labute approximate surface area is 74.7 Å². The first-order valence-corrected chi connectivity index (χ1v) is 4.14. The maximum absolute atomic E-state index is 5.95. The number of hydrogen-bond donors (Lipinski definition) is 0. The summed E-state index contributed by atoms with van der Waals surface area (Å²) in [6.07, 6.45) is 5.12. The van der Waals surface area contributed by atoms with E-state index in [0.717, 1.165) is 0 Å². The lowest BCUT2D eigenvalue weighted by Crippen LogP contribution is -2.33. The number of allylic oxidation sites excluding steroid dienone is 1. The second-order valence-electron chi connectivity index (χ2n) is 2.05. The molecule has 0 fully saturated rings. The first kappa shape index (κ1) is 8.38. The second kappa shape index (κ2) is 3.12. The maximum Gasteiger partial charge on any atom is 0.147 e. The topological polar surface area (TPSA) is 12.4 Å². The Kier molecular flexibility index (Phi) is 2.61. The van der Waals surface area contributed by atoms with Gasteiger partial charge in [0.2, 0.25) is 0 Å². The van der Waals surface area contributed by atoms with Gasteiger partial charge in [0.1, 0.15) is 10.4 Å². The van der Waals surface area contributed by atoms with Crippen LogP contribution in [0.1, 0.15) is 0 Å². The van der Waals surface area contributed by atoms with Crippen LogP contribution in [0.25, 0.3) is 0 Å². The molecule has 0 aromatic carbocycles. The number of nitrogens with zero attached hydrogens (tertiary/aromatic N) is 1. The van der Waals surface area contributed by atoms with Crippen LogP contribution in [0.15, 0.2) is 17.1 Å². The second-order valence-corrected chi connectivity index (χ2v) is 3.44. The van der Waals surface area contributed by atoms with Crippen molar-refractivity contribution < 1.29 is 0 Å². The van der Waals surface area contributed by atoms with Crippen molar-refractivity contribution in [3.8, 4) is 0 Å². The molecule has 1 heterocycles. The monoisotopic (exact) mass is 197 g/mol. The van der Waals surface area contributed by atoms with E-state index < -0.39 is 10.4 Å². The fraction of sp³-hybridized carbons (Fsp3) is 0.500. The van der Waals surface area contributed by atoms with E-state index in [4.69, 9.17) is 34.8 Å². The number of hydrogen-bond acceptors (Lipinski definition) is 1. The molecule has 4 heteroatoms. The summed E-state index contributed by atoms with van der Waals surface area (Å²) in [6, 6.07) is 0. The zero-order chi connectivity index (χ0) is 7.61. The molecule has 56 valence electrons. The molecule has 1 aliphatic heterocycles. The van der Waals surface area contributed by atoms with Gasteiger partial charge in [0, 0.05) is 12.1 Å². The summed E-state index contributed by atoms with van der Waals surface area (Å²) in [4.78, 5) is 3.19. The van der Waals surface area contributed by atoms with Crippen molar-refractivity contribution in [2.24, 2.45) is 4.99 Å². The summed E-state index contributed by atoms with van der Waals surface area (Å²) in [6.45, 7) is 0. The highest BCUT2D eigenvalue weighted by molar-refractivity contribution is 6.38. The quantitative estimate of drug-likeness (QED) is 0.453. The molecular formula is C6H6Cl3N. The van der Waals surface area contributed by atoms with Gasteiger partial charge in [0.15, 0.2) is 0 Å². The molecule has 0 aromatic rings. The molecule has 0 bridgehead atoms. The summed E-state index contributed by atoms with van der Waals surface area (Å²) in [5.41, 5.74) is -0.448. The van der Waals surface area contributed by atoms with E-state index in [1.54, 1.807) is 18.4 Å². The molecule has 1 nitrogen and oxygen atoms in total. The van der Waals surface area contributed by atoms with Gasteiger partial charge in [0.25, 0.3) is 0 Å². The number of halogens is 3. The van der Waals surface area contributed by atoms with Crippen molar-refractivity contribution in [1.29, 1.82) is 0 Å². The molecule has 1 aliphatic rings. The zero-order valence-corrected chi connectivity index (χ0v) is 7.37. The van der Waals surface area contributed by atoms with Crippen molar-refractivity contribution in [3.05, 3.63) is 12.2 Å². The van der Waals surface area contributed by atoms with Crippen LogP contribution in [0, 0.1) is 0 Å². The first-order chi connectivity index (χ1) is 4.69. The van der Waals surface area contributed by atoms with Crippen molar-refractivity contribution in [2.45, 2.75) is 10.4 Å². The van der Waals surface area contributed by atoms with Crippen molar-refractivity contribution in [2.75, 3.05) is 5.88 Å². The SMILES string of the molecule is ClCC1(Cl)C=CC=NC1Cl. The lowest BCUT2D eigenvalue weighted by Gasteiger charge is -2.24. The average molecular weight is 198 g/mol. The fourth-order valence-electron chi connectivity index (χ4n) is 0.640. The van der Waals surface area contributed by atoms with Crippen LogP contribution in [-0.4, -0.2) is 22.5 Å². The lowest BCUT2D eigenvalue weighted by atomic mass is 10.1. The largest absolute Gasteiger partial charge is 0.272 e. The van der Waals surface area contributed by atoms with Crippen molar-refractivity contribution in [3.63, 3.8) is 0 Å². The number of rotatable bonds is 1. The Bertz CT molecular complexity index is 178. The molecule has 2 unspecified atom stereocenters. The van der Waals surface area contributed by atoms with Crippen LogP contribution in [-0.2, 0) is 0 Å². The zero-order valence-electron chi connectivity index (χ0n) is 5.10. The van der Waals surface area contributed by atoms with Crippen LogP contribution in [0.5, 0.6) is 0 Å². The number of aliphatic imine (C=N–C) groups is 1. The number of alkyl halides is 3. The minimum atomic E-state index is -0.697. The molecule has 0 aliphatic carbocycles. The van der Waals surface area contributed by atoms with Crippen molar-refractivity contribution >= 4 is 41.0 Å². The van der Waals surface area contributed by atoms with Gasteiger partial charge in [-0.25, -0.2) is 0 Å². The summed E-state index contributed by atoms with van der Waals surface area (Å²) in [5, 5.41) is 0. The van der Waals surface area contributed by atoms with Crippen LogP contribution >= 0.6 is 34.8 Å². The minimum absolute atomic E-state index is 0.274. The molecule has 2 atom stereocenters. The standard InChI is InChI=1S/C6H6Cl3N/c7-4-6(9)2-1-3-10-5(6)8/h1-3,5H,4H2. The molecule has 0 saturated carbocycles. The molecule has 0 saturated heterocycles. The highest BCUT2D eigenvalue weighted by Gasteiger charge is 2.33. The summed E-state index contributed by atoms with van der Waals surface area (Å²) < 4.78 is 0. The van der Waals surface area contributed by atoms with Gasteiger partial charge in [-0.05, 0) is 6.08 Å².